The summed E-state index contributed by atoms with van der Waals surface area (Å²) < 4.78 is 4.66. The third-order valence-electron chi connectivity index (χ3n) is 7.67. The predicted molar refractivity (Wildman–Crippen MR) is 189 cm³/mol. The molecular formula is C37H44N4S2+2. The van der Waals surface area contributed by atoms with Crippen molar-refractivity contribution >= 4 is 57.3 Å². The largest absolute Gasteiger partial charge is 0.385 e. The Balaban J connectivity index is 1.09. The van der Waals surface area contributed by atoms with Gasteiger partial charge in [0.25, 0.3) is 0 Å². The molecule has 6 heteroatoms. The number of nitrogens with one attached hydrogen (secondary N) is 1. The van der Waals surface area contributed by atoms with E-state index in [1.165, 1.54) is 72.7 Å². The molecule has 0 spiro atoms. The van der Waals surface area contributed by atoms with Crippen LogP contribution >= 0.6 is 21.6 Å². The van der Waals surface area contributed by atoms with Gasteiger partial charge in [0.2, 0.25) is 17.3 Å². The van der Waals surface area contributed by atoms with Crippen molar-refractivity contribution in [3.05, 3.63) is 120 Å². The second kappa shape index (κ2) is 17.0. The van der Waals surface area contributed by atoms with Crippen LogP contribution in [0.1, 0.15) is 55.1 Å². The molecule has 222 valence electrons. The van der Waals surface area contributed by atoms with E-state index >= 15 is 0 Å². The summed E-state index contributed by atoms with van der Waals surface area (Å²) in [6.45, 7) is 6.59. The first-order valence-electron chi connectivity index (χ1n) is 15.5. The normalized spacial score (nSPS) is 13.4. The molecule has 4 aromatic rings. The van der Waals surface area contributed by atoms with Gasteiger partial charge >= 0.3 is 0 Å². The van der Waals surface area contributed by atoms with Gasteiger partial charge in [-0.15, -0.1) is 0 Å². The van der Waals surface area contributed by atoms with Gasteiger partial charge in [0.05, 0.1) is 5.75 Å². The molecule has 3 heterocycles. The fourth-order valence-corrected chi connectivity index (χ4v) is 7.10. The van der Waals surface area contributed by atoms with Gasteiger partial charge in [0, 0.05) is 67.4 Å². The Labute approximate surface area is 266 Å². The molecule has 0 atom stereocenters. The van der Waals surface area contributed by atoms with E-state index in [4.69, 9.17) is 0 Å². The van der Waals surface area contributed by atoms with Crippen molar-refractivity contribution in [1.29, 1.82) is 0 Å². The number of hydrogen-bond acceptors (Lipinski definition) is 4. The van der Waals surface area contributed by atoms with Gasteiger partial charge in [-0.1, -0.05) is 48.4 Å². The Kier molecular flexibility index (Phi) is 12.2. The fourth-order valence-electron chi connectivity index (χ4n) is 5.15. The van der Waals surface area contributed by atoms with Crippen LogP contribution in [0.4, 0.5) is 11.4 Å². The van der Waals surface area contributed by atoms with Crippen LogP contribution in [0.2, 0.25) is 0 Å². The van der Waals surface area contributed by atoms with Crippen LogP contribution in [0.3, 0.4) is 0 Å². The highest BCUT2D eigenvalue weighted by Gasteiger charge is 2.12. The molecule has 1 saturated heterocycles. The number of rotatable bonds is 15. The Hall–Kier alpha value is -3.48. The summed E-state index contributed by atoms with van der Waals surface area (Å²) in [5.41, 5.74) is 7.42. The van der Waals surface area contributed by atoms with Gasteiger partial charge < -0.3 is 10.2 Å². The van der Waals surface area contributed by atoms with Crippen LogP contribution in [0.25, 0.3) is 24.3 Å². The summed E-state index contributed by atoms with van der Waals surface area (Å²) in [6.07, 6.45) is 18.2. The number of hydrogen-bond donors (Lipinski definition) is 1. The molecule has 1 fully saturated rings. The molecule has 0 aliphatic carbocycles. The average molecular weight is 609 g/mol. The highest BCUT2D eigenvalue weighted by atomic mass is 33.1. The number of nitrogens with zero attached hydrogens (tertiary/aromatic N) is 3. The number of anilines is 2. The number of aromatic nitrogens is 2. The predicted octanol–water partition coefficient (Wildman–Crippen LogP) is 8.45. The number of pyridine rings is 2. The zero-order chi connectivity index (χ0) is 29.5. The SMILES string of the molecule is CCCCNc1ccc(/C=C/c2cccc[n+]2CCSSC[n+]2ccccc2/C=C/c2ccc(N3CCCC3)cc2)cc1. The first-order chi connectivity index (χ1) is 21.3. The van der Waals surface area contributed by atoms with Crippen molar-refractivity contribution in [3.63, 3.8) is 0 Å². The first-order valence-corrected chi connectivity index (χ1v) is 18.0. The smallest absolute Gasteiger partial charge is 0.205 e. The number of unbranched alkanes of at least 4 members (excludes halogenated alkanes) is 1. The lowest BCUT2D eigenvalue weighted by molar-refractivity contribution is -0.694. The summed E-state index contributed by atoms with van der Waals surface area (Å²) in [7, 11) is 3.83. The van der Waals surface area contributed by atoms with Crippen LogP contribution < -0.4 is 19.4 Å². The third kappa shape index (κ3) is 9.77. The first kappa shape index (κ1) is 31.0. The van der Waals surface area contributed by atoms with Gasteiger partial charge in [0.15, 0.2) is 18.9 Å². The molecule has 2 aromatic carbocycles. The molecule has 0 unspecified atom stereocenters. The van der Waals surface area contributed by atoms with Crippen LogP contribution in [0, 0.1) is 0 Å². The molecule has 0 saturated carbocycles. The number of aryl methyl sites for hydroxylation is 1. The summed E-state index contributed by atoms with van der Waals surface area (Å²) >= 11 is 0. The monoisotopic (exact) mass is 608 g/mol. The molecule has 0 amide bonds. The highest BCUT2D eigenvalue weighted by molar-refractivity contribution is 8.76. The fraction of sp³-hybridized carbons (Fsp3) is 0.297. The molecular weight excluding hydrogens is 565 g/mol. The second-order valence-corrected chi connectivity index (χ2v) is 13.4. The Morgan fingerprint density at radius 3 is 2.02 bits per heavy atom. The standard InChI is InChI=1S/C37H43N4S2/c1-2-3-24-38-34-18-12-32(13-19-34)14-20-35-10-4-6-25-40(35)29-30-42-43-31-41-28-7-5-11-36(41)21-15-33-16-22-37(23-17-33)39-26-8-9-27-39/h4-7,10-23,25,28H,2-3,8-9,24,26-27,29-31H2,1H3/q+1/p+1. The van der Waals surface area contributed by atoms with Gasteiger partial charge in [-0.25, -0.2) is 0 Å². The molecule has 4 nitrogen and oxygen atoms in total. The zero-order valence-electron chi connectivity index (χ0n) is 25.3. The van der Waals surface area contributed by atoms with E-state index in [9.17, 15) is 0 Å². The van der Waals surface area contributed by atoms with Crippen molar-refractivity contribution < 1.29 is 9.13 Å². The molecule has 0 radical (unpaired) electrons. The minimum absolute atomic E-state index is 0.911. The van der Waals surface area contributed by atoms with Crippen molar-refractivity contribution in [1.82, 2.24) is 0 Å². The van der Waals surface area contributed by atoms with E-state index in [1.807, 2.05) is 21.6 Å². The molecule has 5 rings (SSSR count). The zero-order valence-corrected chi connectivity index (χ0v) is 26.9. The summed E-state index contributed by atoms with van der Waals surface area (Å²) in [5.74, 6) is 1.95. The van der Waals surface area contributed by atoms with E-state index in [0.29, 0.717) is 0 Å². The van der Waals surface area contributed by atoms with E-state index in [-0.39, 0.29) is 0 Å². The van der Waals surface area contributed by atoms with Crippen molar-refractivity contribution in [2.24, 2.45) is 0 Å². The molecule has 2 aromatic heterocycles. The van der Waals surface area contributed by atoms with Gasteiger partial charge in [-0.05, 0) is 89.7 Å². The lowest BCUT2D eigenvalue weighted by atomic mass is 10.1. The topological polar surface area (TPSA) is 23.0 Å². The molecule has 1 aliphatic rings. The summed E-state index contributed by atoms with van der Waals surface area (Å²) in [5, 5.41) is 3.49. The lowest BCUT2D eigenvalue weighted by Gasteiger charge is -2.17. The third-order valence-corrected chi connectivity index (χ3v) is 9.89. The van der Waals surface area contributed by atoms with Crippen molar-refractivity contribution in [3.8, 4) is 0 Å². The highest BCUT2D eigenvalue weighted by Crippen LogP contribution is 2.22. The Morgan fingerprint density at radius 1 is 0.721 bits per heavy atom. The van der Waals surface area contributed by atoms with Gasteiger partial charge in [0.1, 0.15) is 0 Å². The lowest BCUT2D eigenvalue weighted by Crippen LogP contribution is -2.37. The minimum Gasteiger partial charge on any atom is -0.385 e. The molecule has 1 aliphatic heterocycles. The average Bonchev–Trinajstić information content (AvgIpc) is 3.60. The van der Waals surface area contributed by atoms with E-state index < -0.39 is 0 Å². The van der Waals surface area contributed by atoms with Crippen LogP contribution in [0.5, 0.6) is 0 Å². The summed E-state index contributed by atoms with van der Waals surface area (Å²) in [6, 6.07) is 30.5. The van der Waals surface area contributed by atoms with Crippen LogP contribution in [0.15, 0.2) is 97.3 Å². The van der Waals surface area contributed by atoms with E-state index in [2.05, 4.69) is 148 Å². The minimum atomic E-state index is 0.911. The number of benzene rings is 2. The Bertz CT molecular complexity index is 1460. The molecule has 0 bridgehead atoms. The van der Waals surface area contributed by atoms with Crippen molar-refractivity contribution in [2.45, 2.75) is 45.0 Å². The molecule has 43 heavy (non-hydrogen) atoms. The van der Waals surface area contributed by atoms with Gasteiger partial charge in [-0.2, -0.15) is 9.13 Å². The maximum Gasteiger partial charge on any atom is 0.205 e. The quantitative estimate of drug-likeness (QED) is 0.0831. The second-order valence-electron chi connectivity index (χ2n) is 10.8. The maximum absolute atomic E-state index is 3.49. The van der Waals surface area contributed by atoms with E-state index in [0.717, 1.165) is 24.7 Å². The van der Waals surface area contributed by atoms with E-state index in [1.54, 1.807) is 0 Å². The molecule has 1 N–H and O–H groups in total. The maximum atomic E-state index is 3.49. The summed E-state index contributed by atoms with van der Waals surface area (Å²) in [4.78, 5) is 2.48. The van der Waals surface area contributed by atoms with Crippen LogP contribution in [-0.2, 0) is 12.4 Å². The van der Waals surface area contributed by atoms with Crippen molar-refractivity contribution in [2.75, 3.05) is 35.6 Å². The van der Waals surface area contributed by atoms with Crippen LogP contribution in [-0.4, -0.2) is 25.4 Å². The van der Waals surface area contributed by atoms with Gasteiger partial charge in [-0.3, -0.25) is 0 Å². The Morgan fingerprint density at radius 2 is 1.35 bits per heavy atom.